The fraction of sp³-hybridized carbons (Fsp3) is 0.333. The van der Waals surface area contributed by atoms with E-state index in [1.54, 1.807) is 0 Å². The lowest BCUT2D eigenvalue weighted by atomic mass is 9.90. The van der Waals surface area contributed by atoms with Crippen LogP contribution in [0.4, 0.5) is 4.39 Å². The van der Waals surface area contributed by atoms with Crippen LogP contribution in [0.2, 0.25) is 0 Å². The van der Waals surface area contributed by atoms with Gasteiger partial charge in [0.05, 0.1) is 0 Å². The van der Waals surface area contributed by atoms with Crippen LogP contribution in [0.5, 0.6) is 0 Å². The molecule has 1 aromatic carbocycles. The van der Waals surface area contributed by atoms with Crippen molar-refractivity contribution in [3.8, 4) is 0 Å². The van der Waals surface area contributed by atoms with Crippen LogP contribution in [0.25, 0.3) is 0 Å². The van der Waals surface area contributed by atoms with Gasteiger partial charge in [-0.15, -0.1) is 0 Å². The fourth-order valence-electron chi connectivity index (χ4n) is 2.45. The molecule has 1 amide bonds. The number of halogens is 1. The zero-order chi connectivity index (χ0) is 12.6. The van der Waals surface area contributed by atoms with Crippen molar-refractivity contribution in [2.24, 2.45) is 0 Å². The van der Waals surface area contributed by atoms with Gasteiger partial charge in [-0.25, -0.2) is 9.18 Å². The number of hydrogen-bond acceptors (Lipinski definition) is 2. The van der Waals surface area contributed by atoms with Gasteiger partial charge in [0.2, 0.25) is 6.41 Å². The number of carboxylic acid groups (broad SMARTS) is 1. The molecule has 1 aliphatic rings. The molecule has 0 heterocycles. The Balaban J connectivity index is 2.61. The molecule has 90 valence electrons. The molecule has 2 rings (SSSR count). The second-order valence-electron chi connectivity index (χ2n) is 4.18. The normalized spacial score (nSPS) is 22.0. The third kappa shape index (κ3) is 1.50. The first kappa shape index (κ1) is 11.6. The molecule has 5 heteroatoms. The lowest BCUT2D eigenvalue weighted by Gasteiger charge is -2.32. The fourth-order valence-corrected chi connectivity index (χ4v) is 2.45. The van der Waals surface area contributed by atoms with Crippen molar-refractivity contribution in [1.29, 1.82) is 0 Å². The number of carboxylic acids is 1. The average molecular weight is 237 g/mol. The molecule has 1 aromatic rings. The van der Waals surface area contributed by atoms with E-state index < -0.39 is 17.3 Å². The Morgan fingerprint density at radius 2 is 2.29 bits per heavy atom. The number of likely N-dealkylation sites (N-methyl/N-ethyl adjacent to an activating group) is 1. The van der Waals surface area contributed by atoms with Crippen LogP contribution in [-0.4, -0.2) is 29.4 Å². The number of fused-ring (bicyclic) bond motifs is 1. The molecule has 1 atom stereocenters. The molecule has 0 fully saturated rings. The largest absolute Gasteiger partial charge is 0.479 e. The lowest BCUT2D eigenvalue weighted by Crippen LogP contribution is -2.48. The van der Waals surface area contributed by atoms with Gasteiger partial charge < -0.3 is 10.0 Å². The van der Waals surface area contributed by atoms with Crippen molar-refractivity contribution in [2.75, 3.05) is 7.05 Å². The smallest absolute Gasteiger partial charge is 0.334 e. The standard InChI is InChI=1S/C12H12FNO3/c1-14(7-15)12(11(16)17)5-4-8-6-9(13)2-3-10(8)12/h2-3,6-7H,4-5H2,1H3,(H,16,17). The Morgan fingerprint density at radius 1 is 1.59 bits per heavy atom. The number of aryl methyl sites for hydroxylation is 1. The highest BCUT2D eigenvalue weighted by Crippen LogP contribution is 2.41. The van der Waals surface area contributed by atoms with Crippen LogP contribution in [0, 0.1) is 5.82 Å². The monoisotopic (exact) mass is 237 g/mol. The molecule has 1 unspecified atom stereocenters. The Kier molecular flexibility index (Phi) is 2.61. The molecule has 0 aromatic heterocycles. The number of carbonyl (C=O) groups is 2. The van der Waals surface area contributed by atoms with Crippen LogP contribution in [0.15, 0.2) is 18.2 Å². The first-order chi connectivity index (χ1) is 8.02. The van der Waals surface area contributed by atoms with Gasteiger partial charge in [-0.05, 0) is 36.1 Å². The predicted molar refractivity (Wildman–Crippen MR) is 57.9 cm³/mol. The molecular weight excluding hydrogens is 225 g/mol. The minimum absolute atomic E-state index is 0.274. The number of rotatable bonds is 3. The summed E-state index contributed by atoms with van der Waals surface area (Å²) in [7, 11) is 1.43. The number of hydrogen-bond donors (Lipinski definition) is 1. The van der Waals surface area contributed by atoms with E-state index in [-0.39, 0.29) is 6.42 Å². The second-order valence-corrected chi connectivity index (χ2v) is 4.18. The van der Waals surface area contributed by atoms with E-state index in [4.69, 9.17) is 0 Å². The van der Waals surface area contributed by atoms with Crippen LogP contribution < -0.4 is 0 Å². The summed E-state index contributed by atoms with van der Waals surface area (Å²) in [6, 6.07) is 4.00. The third-order valence-corrected chi connectivity index (χ3v) is 3.38. The summed E-state index contributed by atoms with van der Waals surface area (Å²) in [5, 5.41) is 9.39. The van der Waals surface area contributed by atoms with Crippen LogP contribution in [-0.2, 0) is 21.5 Å². The first-order valence-corrected chi connectivity index (χ1v) is 5.23. The van der Waals surface area contributed by atoms with E-state index in [9.17, 15) is 19.1 Å². The van der Waals surface area contributed by atoms with Gasteiger partial charge in [0, 0.05) is 7.05 Å². The Labute approximate surface area is 97.7 Å². The van der Waals surface area contributed by atoms with E-state index in [2.05, 4.69) is 0 Å². The molecule has 0 radical (unpaired) electrons. The first-order valence-electron chi connectivity index (χ1n) is 5.23. The minimum atomic E-state index is -1.36. The van der Waals surface area contributed by atoms with Gasteiger partial charge >= 0.3 is 5.97 Å². The number of aliphatic carboxylic acids is 1. The zero-order valence-electron chi connectivity index (χ0n) is 9.31. The topological polar surface area (TPSA) is 57.6 Å². The summed E-state index contributed by atoms with van der Waals surface area (Å²) < 4.78 is 13.1. The second kappa shape index (κ2) is 3.84. The highest BCUT2D eigenvalue weighted by atomic mass is 19.1. The number of nitrogens with zero attached hydrogens (tertiary/aromatic N) is 1. The molecule has 0 spiro atoms. The van der Waals surface area contributed by atoms with Gasteiger partial charge in [-0.3, -0.25) is 4.79 Å². The maximum atomic E-state index is 13.1. The Morgan fingerprint density at radius 3 is 2.88 bits per heavy atom. The van der Waals surface area contributed by atoms with E-state index >= 15 is 0 Å². The summed E-state index contributed by atoms with van der Waals surface area (Å²) in [4.78, 5) is 23.5. The Hall–Kier alpha value is -1.91. The van der Waals surface area contributed by atoms with Gasteiger partial charge in [-0.2, -0.15) is 0 Å². The highest BCUT2D eigenvalue weighted by Gasteiger charge is 2.48. The number of carbonyl (C=O) groups excluding carboxylic acids is 1. The van der Waals surface area contributed by atoms with Crippen molar-refractivity contribution in [3.63, 3.8) is 0 Å². The van der Waals surface area contributed by atoms with Gasteiger partial charge in [-0.1, -0.05) is 6.07 Å². The molecule has 0 bridgehead atoms. The van der Waals surface area contributed by atoms with Crippen LogP contribution in [0.1, 0.15) is 17.5 Å². The molecular formula is C12H12FNO3. The van der Waals surface area contributed by atoms with Gasteiger partial charge in [0.15, 0.2) is 5.54 Å². The zero-order valence-corrected chi connectivity index (χ0v) is 9.31. The molecule has 17 heavy (non-hydrogen) atoms. The van der Waals surface area contributed by atoms with Crippen LogP contribution in [0.3, 0.4) is 0 Å². The van der Waals surface area contributed by atoms with E-state index in [1.165, 1.54) is 25.2 Å². The maximum Gasteiger partial charge on any atom is 0.334 e. The summed E-state index contributed by atoms with van der Waals surface area (Å²) in [6.45, 7) is 0. The van der Waals surface area contributed by atoms with E-state index in [1.807, 2.05) is 0 Å². The number of benzene rings is 1. The molecule has 0 saturated heterocycles. The lowest BCUT2D eigenvalue weighted by molar-refractivity contribution is -0.154. The maximum absolute atomic E-state index is 13.1. The molecule has 4 nitrogen and oxygen atoms in total. The van der Waals surface area contributed by atoms with Crippen molar-refractivity contribution in [1.82, 2.24) is 4.90 Å². The highest BCUT2D eigenvalue weighted by molar-refractivity contribution is 5.85. The average Bonchev–Trinajstić information content (AvgIpc) is 2.67. The van der Waals surface area contributed by atoms with Crippen molar-refractivity contribution < 1.29 is 19.1 Å². The molecule has 0 aliphatic heterocycles. The molecule has 1 N–H and O–H groups in total. The van der Waals surface area contributed by atoms with Crippen molar-refractivity contribution in [3.05, 3.63) is 35.1 Å². The molecule has 0 saturated carbocycles. The summed E-state index contributed by atoms with van der Waals surface area (Å²) in [5.74, 6) is -1.48. The van der Waals surface area contributed by atoms with Crippen molar-refractivity contribution >= 4 is 12.4 Å². The van der Waals surface area contributed by atoms with Gasteiger partial charge in [0.1, 0.15) is 5.82 Å². The summed E-state index contributed by atoms with van der Waals surface area (Å²) in [6.07, 6.45) is 1.22. The summed E-state index contributed by atoms with van der Waals surface area (Å²) in [5.41, 5.74) is -0.202. The Bertz CT molecular complexity index is 489. The molecule has 1 aliphatic carbocycles. The summed E-state index contributed by atoms with van der Waals surface area (Å²) >= 11 is 0. The van der Waals surface area contributed by atoms with Crippen LogP contribution >= 0.6 is 0 Å². The number of amides is 1. The van der Waals surface area contributed by atoms with Crippen molar-refractivity contribution in [2.45, 2.75) is 18.4 Å². The SMILES string of the molecule is CN(C=O)C1(C(=O)O)CCc2cc(F)ccc21. The van der Waals surface area contributed by atoms with E-state index in [0.717, 1.165) is 4.90 Å². The quantitative estimate of drug-likeness (QED) is 0.802. The predicted octanol–water partition coefficient (Wildman–Crippen LogP) is 1.14. The van der Waals surface area contributed by atoms with E-state index in [0.29, 0.717) is 24.0 Å². The van der Waals surface area contributed by atoms with Gasteiger partial charge in [0.25, 0.3) is 0 Å². The minimum Gasteiger partial charge on any atom is -0.479 e. The third-order valence-electron chi connectivity index (χ3n) is 3.38.